The Hall–Kier alpha value is -1.70. The number of anilines is 1. The Morgan fingerprint density at radius 3 is 2.71 bits per heavy atom. The van der Waals surface area contributed by atoms with Gasteiger partial charge in [0, 0.05) is 24.0 Å². The first-order valence-electron chi connectivity index (χ1n) is 6.22. The lowest BCUT2D eigenvalue weighted by Crippen LogP contribution is -2.10. The zero-order chi connectivity index (χ0) is 14.5. The number of aryl methyl sites for hydroxylation is 1. The number of nitrogens with zero attached hydrogens (tertiary/aromatic N) is 4. The van der Waals surface area contributed by atoms with Crippen molar-refractivity contribution >= 4 is 18.1 Å². The second kappa shape index (κ2) is 7.92. The second-order valence-corrected chi connectivity index (χ2v) is 4.36. The average molecular weight is 324 g/mol. The summed E-state index contributed by atoms with van der Waals surface area (Å²) in [5.74, 6) is 0. The lowest BCUT2D eigenvalue weighted by Gasteiger charge is -2.05. The summed E-state index contributed by atoms with van der Waals surface area (Å²) in [6, 6.07) is 0. The Balaban J connectivity index is 0.00000220. The van der Waals surface area contributed by atoms with Crippen LogP contribution in [0.1, 0.15) is 11.3 Å². The van der Waals surface area contributed by atoms with Crippen LogP contribution in [0.2, 0.25) is 0 Å². The predicted molar refractivity (Wildman–Crippen MR) is 75.7 cm³/mol. The smallest absolute Gasteiger partial charge is 0.257 e. The van der Waals surface area contributed by atoms with Crippen LogP contribution >= 0.6 is 12.4 Å². The van der Waals surface area contributed by atoms with Crippen LogP contribution in [0.25, 0.3) is 0 Å². The third-order valence-electron chi connectivity index (χ3n) is 2.95. The van der Waals surface area contributed by atoms with Gasteiger partial charge in [0.25, 0.3) is 6.43 Å². The molecular weight excluding hydrogens is 307 g/mol. The first-order chi connectivity index (χ1) is 9.60. The summed E-state index contributed by atoms with van der Waals surface area (Å²) in [4.78, 5) is 0. The molecule has 0 fully saturated rings. The highest BCUT2D eigenvalue weighted by atomic mass is 35.5. The van der Waals surface area contributed by atoms with Gasteiger partial charge >= 0.3 is 0 Å². The van der Waals surface area contributed by atoms with Gasteiger partial charge in [0.05, 0.1) is 24.6 Å². The van der Waals surface area contributed by atoms with Gasteiger partial charge in [-0.2, -0.15) is 10.2 Å². The highest BCUT2D eigenvalue weighted by molar-refractivity contribution is 5.85. The molecule has 2 heterocycles. The van der Waals surface area contributed by atoms with E-state index in [2.05, 4.69) is 15.5 Å². The van der Waals surface area contributed by atoms with Crippen LogP contribution in [-0.2, 0) is 19.6 Å². The summed E-state index contributed by atoms with van der Waals surface area (Å²) >= 11 is 0. The maximum atomic E-state index is 12.3. The Morgan fingerprint density at radius 2 is 2.05 bits per heavy atom. The van der Waals surface area contributed by atoms with E-state index >= 15 is 0 Å². The van der Waals surface area contributed by atoms with Crippen molar-refractivity contribution in [1.29, 1.82) is 0 Å². The number of hydrogen-bond donors (Lipinski definition) is 1. The van der Waals surface area contributed by atoms with Gasteiger partial charge in [0.15, 0.2) is 0 Å². The molecule has 9 heteroatoms. The minimum absolute atomic E-state index is 0. The third-order valence-corrected chi connectivity index (χ3v) is 2.95. The number of hydrogen-bond acceptors (Lipinski definition) is 3. The van der Waals surface area contributed by atoms with Crippen LogP contribution in [-0.4, -0.2) is 32.7 Å². The molecule has 0 radical (unpaired) electrons. The minimum atomic E-state index is -2.42. The topological polar surface area (TPSA) is 47.7 Å². The Kier molecular flexibility index (Phi) is 6.54. The van der Waals surface area contributed by atoms with Crippen molar-refractivity contribution in [2.75, 3.05) is 12.0 Å². The van der Waals surface area contributed by atoms with E-state index in [1.165, 1.54) is 9.36 Å². The summed E-state index contributed by atoms with van der Waals surface area (Å²) in [6.07, 6.45) is 2.43. The third kappa shape index (κ3) is 4.66. The van der Waals surface area contributed by atoms with Crippen molar-refractivity contribution < 1.29 is 13.2 Å². The van der Waals surface area contributed by atoms with Crippen LogP contribution in [0.5, 0.6) is 0 Å². The first-order valence-corrected chi connectivity index (χ1v) is 6.22. The highest BCUT2D eigenvalue weighted by Crippen LogP contribution is 2.12. The molecule has 0 atom stereocenters. The highest BCUT2D eigenvalue weighted by Gasteiger charge is 2.10. The molecule has 2 rings (SSSR count). The first kappa shape index (κ1) is 17.4. The van der Waals surface area contributed by atoms with Crippen molar-refractivity contribution in [2.45, 2.75) is 33.0 Å². The standard InChI is InChI=1S/C12H16F3N5.ClH/c1-9-10(5-18-20(9)8-12(14)15)4-16-11-6-17-19(7-11)3-2-13;/h5-7,12,16H,2-4,8H2,1H3;1H. The van der Waals surface area contributed by atoms with E-state index in [-0.39, 0.29) is 19.0 Å². The molecule has 0 aliphatic heterocycles. The fraction of sp³-hybridized carbons (Fsp3) is 0.500. The number of rotatable bonds is 7. The van der Waals surface area contributed by atoms with E-state index in [1.807, 2.05) is 0 Å². The van der Waals surface area contributed by atoms with Crippen molar-refractivity contribution in [1.82, 2.24) is 19.6 Å². The summed E-state index contributed by atoms with van der Waals surface area (Å²) in [5, 5.41) is 11.0. The van der Waals surface area contributed by atoms with Crippen LogP contribution < -0.4 is 5.32 Å². The van der Waals surface area contributed by atoms with E-state index in [9.17, 15) is 13.2 Å². The molecule has 2 aromatic heterocycles. The van der Waals surface area contributed by atoms with Gasteiger partial charge in [-0.3, -0.25) is 9.36 Å². The molecule has 118 valence electrons. The van der Waals surface area contributed by atoms with Gasteiger partial charge in [-0.25, -0.2) is 13.2 Å². The van der Waals surface area contributed by atoms with E-state index in [0.717, 1.165) is 11.3 Å². The summed E-state index contributed by atoms with van der Waals surface area (Å²) in [7, 11) is 0. The van der Waals surface area contributed by atoms with Crippen LogP contribution in [0.4, 0.5) is 18.9 Å². The SMILES string of the molecule is Cc1c(CNc2cnn(CCF)c2)cnn1CC(F)F.Cl. The van der Waals surface area contributed by atoms with Crippen LogP contribution in [0.3, 0.4) is 0 Å². The molecule has 2 aromatic rings. The van der Waals surface area contributed by atoms with Gasteiger partial charge in [0.1, 0.15) is 13.2 Å². The number of aromatic nitrogens is 4. The average Bonchev–Trinajstić information content (AvgIpc) is 2.96. The van der Waals surface area contributed by atoms with Gasteiger partial charge in [-0.05, 0) is 6.92 Å². The molecule has 0 spiro atoms. The van der Waals surface area contributed by atoms with Crippen molar-refractivity contribution in [3.63, 3.8) is 0 Å². The van der Waals surface area contributed by atoms with E-state index in [4.69, 9.17) is 0 Å². The molecule has 0 saturated carbocycles. The van der Waals surface area contributed by atoms with Crippen molar-refractivity contribution in [3.8, 4) is 0 Å². The number of nitrogens with one attached hydrogen (secondary N) is 1. The summed E-state index contributed by atoms with van der Waals surface area (Å²) < 4.78 is 39.6. The largest absolute Gasteiger partial charge is 0.378 e. The maximum Gasteiger partial charge on any atom is 0.257 e. The molecule has 0 bridgehead atoms. The Bertz CT molecular complexity index is 555. The zero-order valence-electron chi connectivity index (χ0n) is 11.5. The monoisotopic (exact) mass is 323 g/mol. The summed E-state index contributed by atoms with van der Waals surface area (Å²) in [5.41, 5.74) is 2.29. The predicted octanol–water partition coefficient (Wildman–Crippen LogP) is 2.66. The Labute approximate surface area is 126 Å². The van der Waals surface area contributed by atoms with Gasteiger partial charge in [0.2, 0.25) is 0 Å². The normalized spacial score (nSPS) is 10.7. The molecule has 0 aromatic carbocycles. The van der Waals surface area contributed by atoms with Gasteiger partial charge < -0.3 is 5.32 Å². The van der Waals surface area contributed by atoms with E-state index < -0.39 is 19.6 Å². The molecular formula is C12H17ClF3N5. The van der Waals surface area contributed by atoms with Crippen molar-refractivity contribution in [3.05, 3.63) is 29.8 Å². The van der Waals surface area contributed by atoms with Gasteiger partial charge in [-0.15, -0.1) is 12.4 Å². The van der Waals surface area contributed by atoms with Crippen LogP contribution in [0.15, 0.2) is 18.6 Å². The lowest BCUT2D eigenvalue weighted by atomic mass is 10.2. The molecule has 0 aliphatic rings. The van der Waals surface area contributed by atoms with Crippen LogP contribution in [0, 0.1) is 6.92 Å². The lowest BCUT2D eigenvalue weighted by molar-refractivity contribution is 0.121. The molecule has 0 saturated heterocycles. The molecule has 0 aliphatic carbocycles. The number of halogens is 4. The zero-order valence-corrected chi connectivity index (χ0v) is 12.3. The maximum absolute atomic E-state index is 12.3. The second-order valence-electron chi connectivity index (χ2n) is 4.36. The van der Waals surface area contributed by atoms with E-state index in [0.29, 0.717) is 12.2 Å². The fourth-order valence-electron chi connectivity index (χ4n) is 1.83. The minimum Gasteiger partial charge on any atom is -0.378 e. The molecule has 21 heavy (non-hydrogen) atoms. The fourth-order valence-corrected chi connectivity index (χ4v) is 1.83. The molecule has 0 amide bonds. The summed E-state index contributed by atoms with van der Waals surface area (Å²) in [6.45, 7) is 1.54. The molecule has 1 N–H and O–H groups in total. The number of alkyl halides is 3. The van der Waals surface area contributed by atoms with E-state index in [1.54, 1.807) is 25.5 Å². The Morgan fingerprint density at radius 1 is 1.29 bits per heavy atom. The van der Waals surface area contributed by atoms with Crippen molar-refractivity contribution in [2.24, 2.45) is 0 Å². The molecule has 0 unspecified atom stereocenters. The quantitative estimate of drug-likeness (QED) is 0.852. The molecule has 5 nitrogen and oxygen atoms in total. The van der Waals surface area contributed by atoms with Gasteiger partial charge in [-0.1, -0.05) is 0 Å².